The van der Waals surface area contributed by atoms with Crippen LogP contribution in [-0.2, 0) is 9.47 Å². The molecule has 0 unspecified atom stereocenters. The third-order valence-electron chi connectivity index (χ3n) is 5.52. The van der Waals surface area contributed by atoms with Crippen molar-refractivity contribution in [2.45, 2.75) is 44.8 Å². The average molecular weight is 446 g/mol. The topological polar surface area (TPSA) is 82.6 Å². The molecular formula is C22H24FN3O4S. The zero-order valence-corrected chi connectivity index (χ0v) is 18.4. The van der Waals surface area contributed by atoms with Crippen LogP contribution >= 0.6 is 11.3 Å². The predicted molar refractivity (Wildman–Crippen MR) is 117 cm³/mol. The Morgan fingerprint density at radius 1 is 1.19 bits per heavy atom. The molecule has 0 spiro atoms. The smallest absolute Gasteiger partial charge is 0.348 e. The van der Waals surface area contributed by atoms with Crippen molar-refractivity contribution in [3.05, 3.63) is 40.8 Å². The van der Waals surface area contributed by atoms with E-state index < -0.39 is 11.8 Å². The highest BCUT2D eigenvalue weighted by molar-refractivity contribution is 7.20. The molecule has 0 bridgehead atoms. The van der Waals surface area contributed by atoms with E-state index in [1.165, 1.54) is 36.9 Å². The number of rotatable bonds is 6. The molecule has 1 N–H and O–H groups in total. The Labute approximate surface area is 183 Å². The molecule has 1 aliphatic rings. The summed E-state index contributed by atoms with van der Waals surface area (Å²) < 4.78 is 30.7. The summed E-state index contributed by atoms with van der Waals surface area (Å²) >= 11 is 1.25. The highest BCUT2D eigenvalue weighted by atomic mass is 32.1. The second-order valence-electron chi connectivity index (χ2n) is 7.43. The van der Waals surface area contributed by atoms with Gasteiger partial charge in [-0.25, -0.2) is 19.2 Å². The molecule has 2 atom stereocenters. The molecule has 1 fully saturated rings. The van der Waals surface area contributed by atoms with E-state index >= 15 is 0 Å². The third-order valence-corrected chi connectivity index (χ3v) is 6.70. The number of esters is 1. The Morgan fingerprint density at radius 3 is 2.71 bits per heavy atom. The van der Waals surface area contributed by atoms with Crippen LogP contribution in [0.25, 0.3) is 10.2 Å². The van der Waals surface area contributed by atoms with Crippen molar-refractivity contribution in [2.24, 2.45) is 0 Å². The summed E-state index contributed by atoms with van der Waals surface area (Å²) in [5.41, 5.74) is 1.30. The molecule has 2 heterocycles. The highest BCUT2D eigenvalue weighted by Crippen LogP contribution is 2.37. The molecule has 0 radical (unpaired) electrons. The summed E-state index contributed by atoms with van der Waals surface area (Å²) in [5, 5.41) is 3.97. The van der Waals surface area contributed by atoms with Crippen LogP contribution in [0.2, 0.25) is 0 Å². The maximum atomic E-state index is 14.1. The van der Waals surface area contributed by atoms with E-state index in [0.717, 1.165) is 36.6 Å². The number of thiophene rings is 1. The lowest BCUT2D eigenvalue weighted by atomic mass is 9.94. The van der Waals surface area contributed by atoms with Gasteiger partial charge in [0.1, 0.15) is 39.5 Å². The van der Waals surface area contributed by atoms with Crippen molar-refractivity contribution in [3.63, 3.8) is 0 Å². The molecule has 9 heteroatoms. The van der Waals surface area contributed by atoms with Crippen LogP contribution < -0.4 is 10.1 Å². The predicted octanol–water partition coefficient (Wildman–Crippen LogP) is 5.01. The van der Waals surface area contributed by atoms with E-state index in [1.54, 1.807) is 13.2 Å². The summed E-state index contributed by atoms with van der Waals surface area (Å²) in [5.74, 6) is 0.0945. The van der Waals surface area contributed by atoms with Crippen LogP contribution in [0.1, 0.15) is 40.9 Å². The Kier molecular flexibility index (Phi) is 6.33. The number of aromatic nitrogens is 2. The van der Waals surface area contributed by atoms with Gasteiger partial charge in [0.2, 0.25) is 0 Å². The second kappa shape index (κ2) is 9.15. The maximum Gasteiger partial charge on any atom is 0.348 e. The van der Waals surface area contributed by atoms with Gasteiger partial charge >= 0.3 is 5.97 Å². The van der Waals surface area contributed by atoms with Gasteiger partial charge in [0.25, 0.3) is 0 Å². The van der Waals surface area contributed by atoms with Crippen molar-refractivity contribution in [1.29, 1.82) is 0 Å². The van der Waals surface area contributed by atoms with E-state index in [9.17, 15) is 9.18 Å². The van der Waals surface area contributed by atoms with Crippen molar-refractivity contribution in [1.82, 2.24) is 9.97 Å². The van der Waals surface area contributed by atoms with Gasteiger partial charge < -0.3 is 19.5 Å². The summed E-state index contributed by atoms with van der Waals surface area (Å²) in [4.78, 5) is 21.9. The number of hydrogen-bond acceptors (Lipinski definition) is 8. The number of carbonyl (C=O) groups excluding carboxylic acids is 1. The molecule has 164 valence electrons. The number of benzene rings is 1. The van der Waals surface area contributed by atoms with Gasteiger partial charge in [-0.2, -0.15) is 0 Å². The molecule has 0 amide bonds. The van der Waals surface area contributed by atoms with Crippen molar-refractivity contribution < 1.29 is 23.4 Å². The van der Waals surface area contributed by atoms with E-state index in [4.69, 9.17) is 14.2 Å². The van der Waals surface area contributed by atoms with Gasteiger partial charge in [0.05, 0.1) is 24.3 Å². The summed E-state index contributed by atoms with van der Waals surface area (Å²) in [6, 6.07) is 4.34. The molecule has 1 aliphatic carbocycles. The fourth-order valence-corrected chi connectivity index (χ4v) is 4.98. The Bertz CT molecular complexity index is 1100. The summed E-state index contributed by atoms with van der Waals surface area (Å²) in [7, 11) is 3.02. The Morgan fingerprint density at radius 2 is 1.97 bits per heavy atom. The fraction of sp³-hybridized carbons (Fsp3) is 0.409. The summed E-state index contributed by atoms with van der Waals surface area (Å²) in [6.07, 6.45) is 5.13. The molecular weight excluding hydrogens is 421 g/mol. The molecule has 4 rings (SSSR count). The molecule has 1 saturated carbocycles. The normalized spacial score (nSPS) is 18.7. The van der Waals surface area contributed by atoms with Crippen LogP contribution in [-0.4, -0.2) is 42.4 Å². The SMILES string of the molecule is COC(=O)c1sc2ncnc(Nc3ccc(F)cc3O[C@H]3CCCC[C@@H]3OC)c2c1C. The Balaban J connectivity index is 1.69. The van der Waals surface area contributed by atoms with Crippen molar-refractivity contribution >= 4 is 39.0 Å². The number of halogens is 1. The highest BCUT2D eigenvalue weighted by Gasteiger charge is 2.28. The molecule has 3 aromatic rings. The molecule has 1 aromatic carbocycles. The number of nitrogens with zero attached hydrogens (tertiary/aromatic N) is 2. The first-order valence-electron chi connectivity index (χ1n) is 10.1. The average Bonchev–Trinajstić information content (AvgIpc) is 3.13. The molecule has 2 aromatic heterocycles. The van der Waals surface area contributed by atoms with Crippen LogP contribution in [0.3, 0.4) is 0 Å². The van der Waals surface area contributed by atoms with Gasteiger partial charge in [0, 0.05) is 13.2 Å². The number of methoxy groups -OCH3 is 2. The zero-order chi connectivity index (χ0) is 22.0. The van der Waals surface area contributed by atoms with E-state index in [-0.39, 0.29) is 12.2 Å². The minimum Gasteiger partial charge on any atom is -0.485 e. The van der Waals surface area contributed by atoms with Crippen LogP contribution in [0.5, 0.6) is 5.75 Å². The van der Waals surface area contributed by atoms with E-state index in [2.05, 4.69) is 15.3 Å². The van der Waals surface area contributed by atoms with Crippen molar-refractivity contribution in [2.75, 3.05) is 19.5 Å². The number of hydrogen-bond donors (Lipinski definition) is 1. The molecule has 0 aliphatic heterocycles. The Hall–Kier alpha value is -2.78. The van der Waals surface area contributed by atoms with Gasteiger partial charge in [-0.15, -0.1) is 11.3 Å². The largest absolute Gasteiger partial charge is 0.485 e. The van der Waals surface area contributed by atoms with Crippen LogP contribution in [0, 0.1) is 12.7 Å². The van der Waals surface area contributed by atoms with Crippen molar-refractivity contribution in [3.8, 4) is 5.75 Å². The standard InChI is InChI=1S/C22H24FN3O4S/c1-12-18-20(24-11-25-21(18)31-19(12)22(27)29-3)26-14-9-8-13(23)10-17(14)30-16-7-5-4-6-15(16)28-2/h8-11,15-16H,4-7H2,1-3H3,(H,24,25,26)/t15-,16-/m0/s1. The lowest BCUT2D eigenvalue weighted by Gasteiger charge is -2.31. The minimum atomic E-state index is -0.417. The molecule has 0 saturated heterocycles. The van der Waals surface area contributed by atoms with Crippen LogP contribution in [0.15, 0.2) is 24.5 Å². The minimum absolute atomic E-state index is 0.0302. The van der Waals surface area contributed by atoms with Gasteiger partial charge in [0.15, 0.2) is 0 Å². The first-order chi connectivity index (χ1) is 15.0. The third kappa shape index (κ3) is 4.33. The molecule has 31 heavy (non-hydrogen) atoms. The monoisotopic (exact) mass is 445 g/mol. The lowest BCUT2D eigenvalue weighted by molar-refractivity contribution is -0.0227. The first-order valence-corrected chi connectivity index (χ1v) is 10.9. The fourth-order valence-electron chi connectivity index (χ4n) is 3.91. The molecule has 7 nitrogen and oxygen atoms in total. The van der Waals surface area contributed by atoms with E-state index in [0.29, 0.717) is 27.0 Å². The number of nitrogens with one attached hydrogen (secondary N) is 1. The van der Waals surface area contributed by atoms with Gasteiger partial charge in [-0.05, 0) is 43.9 Å². The first kappa shape index (κ1) is 21.5. The van der Waals surface area contributed by atoms with Gasteiger partial charge in [-0.3, -0.25) is 0 Å². The number of ether oxygens (including phenoxy) is 3. The number of carbonyl (C=O) groups is 1. The lowest BCUT2D eigenvalue weighted by Crippen LogP contribution is -2.36. The van der Waals surface area contributed by atoms with E-state index in [1.807, 2.05) is 6.92 Å². The second-order valence-corrected chi connectivity index (χ2v) is 8.43. The zero-order valence-electron chi connectivity index (χ0n) is 17.6. The number of fused-ring (bicyclic) bond motifs is 1. The summed E-state index contributed by atoms with van der Waals surface area (Å²) in [6.45, 7) is 1.83. The van der Waals surface area contributed by atoms with Gasteiger partial charge in [-0.1, -0.05) is 6.42 Å². The number of aryl methyl sites for hydroxylation is 1. The maximum absolute atomic E-state index is 14.1. The van der Waals surface area contributed by atoms with Crippen LogP contribution in [0.4, 0.5) is 15.9 Å². The quantitative estimate of drug-likeness (QED) is 0.534. The number of anilines is 2.